The zero-order chi connectivity index (χ0) is 10.4. The van der Waals surface area contributed by atoms with Crippen molar-refractivity contribution >= 4 is 18.4 Å². The topological polar surface area (TPSA) is 0 Å². The summed E-state index contributed by atoms with van der Waals surface area (Å²) in [5.41, 5.74) is 3.97. The van der Waals surface area contributed by atoms with Gasteiger partial charge in [0.25, 0.3) is 0 Å². The van der Waals surface area contributed by atoms with E-state index in [2.05, 4.69) is 57.1 Å². The molecule has 0 bridgehead atoms. The van der Waals surface area contributed by atoms with E-state index in [-0.39, 0.29) is 0 Å². The van der Waals surface area contributed by atoms with Crippen molar-refractivity contribution in [3.8, 4) is 0 Å². The first-order valence-electron chi connectivity index (χ1n) is 5.20. The Morgan fingerprint density at radius 1 is 1.21 bits per heavy atom. The van der Waals surface area contributed by atoms with Gasteiger partial charge >= 0.3 is 87.0 Å². The summed E-state index contributed by atoms with van der Waals surface area (Å²) in [6.07, 6.45) is 3.25. The van der Waals surface area contributed by atoms with Gasteiger partial charge in [-0.05, 0) is 0 Å². The van der Waals surface area contributed by atoms with Crippen molar-refractivity contribution in [1.82, 2.24) is 0 Å². The standard InChI is InChI=1S/C13H17B/c1-4-11-7-9-12(10-8-11)13(5-2)14-6-3/h5-10H,4H2,1-3H3/b13-5-. The second-order valence-corrected chi connectivity index (χ2v) is 3.29. The minimum atomic E-state index is 1.11. The molecule has 0 aliphatic heterocycles. The fourth-order valence-corrected chi connectivity index (χ4v) is 1.47. The zero-order valence-electron chi connectivity index (χ0n) is 9.25. The molecule has 0 N–H and O–H groups in total. The van der Waals surface area contributed by atoms with E-state index in [1.54, 1.807) is 0 Å². The van der Waals surface area contributed by atoms with Gasteiger partial charge in [-0.25, -0.2) is 0 Å². The molecule has 0 heterocycles. The fourth-order valence-electron chi connectivity index (χ4n) is 1.47. The number of allylic oxidation sites excluding steroid dienone is 1. The summed E-state index contributed by atoms with van der Waals surface area (Å²) in [6.45, 7) is 8.44. The molecule has 0 nitrogen and oxygen atoms in total. The summed E-state index contributed by atoms with van der Waals surface area (Å²) in [5.74, 6) is 2.07. The molecule has 1 heteroatoms. The molecule has 0 amide bonds. The van der Waals surface area contributed by atoms with E-state index in [0.717, 1.165) is 6.42 Å². The Kier molecular flexibility index (Phi) is 4.38. The molecule has 1 aromatic rings. The van der Waals surface area contributed by atoms with Crippen LogP contribution in [0, 0.1) is 0 Å². The van der Waals surface area contributed by atoms with Gasteiger partial charge in [0.2, 0.25) is 0 Å². The average Bonchev–Trinajstić information content (AvgIpc) is 2.26. The Bertz CT molecular complexity index is 331. The van der Waals surface area contributed by atoms with Gasteiger partial charge < -0.3 is 0 Å². The van der Waals surface area contributed by atoms with Crippen molar-refractivity contribution in [2.75, 3.05) is 0 Å². The summed E-state index contributed by atoms with van der Waals surface area (Å²) in [6, 6.07) is 8.77. The minimum absolute atomic E-state index is 1.11. The summed E-state index contributed by atoms with van der Waals surface area (Å²) in [5, 5.41) is 0. The molecule has 0 saturated carbocycles. The molecule has 0 fully saturated rings. The number of benzene rings is 1. The Hall–Kier alpha value is -1.11. The van der Waals surface area contributed by atoms with Gasteiger partial charge in [0.15, 0.2) is 0 Å². The van der Waals surface area contributed by atoms with E-state index in [0.29, 0.717) is 0 Å². The van der Waals surface area contributed by atoms with Crippen LogP contribution in [-0.4, -0.2) is 12.9 Å². The van der Waals surface area contributed by atoms with Crippen LogP contribution in [0.2, 0.25) is 0 Å². The van der Waals surface area contributed by atoms with E-state index in [4.69, 9.17) is 0 Å². The Morgan fingerprint density at radius 3 is 2.29 bits per heavy atom. The molecule has 0 aliphatic rings. The maximum atomic E-state index is 2.20. The van der Waals surface area contributed by atoms with Gasteiger partial charge in [0.05, 0.1) is 0 Å². The van der Waals surface area contributed by atoms with Gasteiger partial charge in [0, 0.05) is 0 Å². The maximum absolute atomic E-state index is 2.20. The average molecular weight is 184 g/mol. The van der Waals surface area contributed by atoms with Gasteiger partial charge in [-0.3, -0.25) is 0 Å². The number of aryl methyl sites for hydroxylation is 1. The Labute approximate surface area is 87.6 Å². The monoisotopic (exact) mass is 184 g/mol. The molecule has 0 spiro atoms. The van der Waals surface area contributed by atoms with Crippen LogP contribution in [0.4, 0.5) is 0 Å². The molecule has 0 aromatic heterocycles. The summed E-state index contributed by atoms with van der Waals surface area (Å²) in [4.78, 5) is 0. The predicted octanol–water partition coefficient (Wildman–Crippen LogP) is 3.14. The van der Waals surface area contributed by atoms with Gasteiger partial charge in [-0.2, -0.15) is 0 Å². The van der Waals surface area contributed by atoms with Crippen molar-refractivity contribution in [1.29, 1.82) is 0 Å². The predicted molar refractivity (Wildman–Crippen MR) is 67.0 cm³/mol. The molecule has 0 aliphatic carbocycles. The number of hydrogen-bond acceptors (Lipinski definition) is 0. The second-order valence-electron chi connectivity index (χ2n) is 3.29. The van der Waals surface area contributed by atoms with E-state index in [1.807, 2.05) is 6.92 Å². The van der Waals surface area contributed by atoms with Crippen LogP contribution in [-0.2, 0) is 6.42 Å². The quantitative estimate of drug-likeness (QED) is 0.633. The van der Waals surface area contributed by atoms with E-state index in [9.17, 15) is 0 Å². The zero-order valence-corrected chi connectivity index (χ0v) is 9.25. The molecule has 0 unspecified atom stereocenters. The van der Waals surface area contributed by atoms with E-state index >= 15 is 0 Å². The van der Waals surface area contributed by atoms with Crippen LogP contribution >= 0.6 is 0 Å². The van der Waals surface area contributed by atoms with Crippen LogP contribution in [0.25, 0.3) is 5.47 Å². The molecule has 0 saturated heterocycles. The summed E-state index contributed by atoms with van der Waals surface area (Å²) < 4.78 is 0. The molecule has 0 atom stereocenters. The third-order valence-electron chi connectivity index (χ3n) is 2.35. The van der Waals surface area contributed by atoms with Crippen molar-refractivity contribution in [2.45, 2.75) is 27.2 Å². The van der Waals surface area contributed by atoms with Crippen LogP contribution in [0.5, 0.6) is 0 Å². The van der Waals surface area contributed by atoms with Gasteiger partial charge in [-0.1, -0.05) is 0 Å². The van der Waals surface area contributed by atoms with Crippen molar-refractivity contribution < 1.29 is 0 Å². The third kappa shape index (κ3) is 2.70. The molecule has 14 heavy (non-hydrogen) atoms. The Morgan fingerprint density at radius 2 is 1.86 bits per heavy atom. The molecule has 72 valence electrons. The van der Waals surface area contributed by atoms with Crippen molar-refractivity contribution in [2.24, 2.45) is 0 Å². The van der Waals surface area contributed by atoms with Crippen molar-refractivity contribution in [3.05, 3.63) is 41.5 Å². The summed E-state index contributed by atoms with van der Waals surface area (Å²) >= 11 is 0. The molecular weight excluding hydrogens is 167 g/mol. The van der Waals surface area contributed by atoms with Crippen molar-refractivity contribution in [3.63, 3.8) is 0 Å². The number of hydrogen-bond donors (Lipinski definition) is 0. The molecule has 1 aromatic carbocycles. The van der Waals surface area contributed by atoms with E-state index < -0.39 is 0 Å². The van der Waals surface area contributed by atoms with Crippen LogP contribution < -0.4 is 0 Å². The summed E-state index contributed by atoms with van der Waals surface area (Å²) in [7, 11) is 0. The Balaban J connectivity index is 2.96. The van der Waals surface area contributed by atoms with E-state index in [1.165, 1.54) is 16.6 Å². The fraction of sp³-hybridized carbons (Fsp3) is 0.308. The third-order valence-corrected chi connectivity index (χ3v) is 2.35. The SMILES string of the molecule is C/C=B\C(=C/C)c1ccc(CC)cc1. The van der Waals surface area contributed by atoms with Crippen LogP contribution in [0.15, 0.2) is 30.3 Å². The van der Waals surface area contributed by atoms with Gasteiger partial charge in [-0.15, -0.1) is 0 Å². The molecule has 0 radical (unpaired) electrons. The second kappa shape index (κ2) is 5.59. The normalized spacial score (nSPS) is 11.8. The number of rotatable bonds is 3. The van der Waals surface area contributed by atoms with Crippen LogP contribution in [0.1, 0.15) is 31.9 Å². The van der Waals surface area contributed by atoms with Gasteiger partial charge in [0.1, 0.15) is 0 Å². The molecule has 1 rings (SSSR count). The first-order chi connectivity index (χ1) is 6.81. The first-order valence-corrected chi connectivity index (χ1v) is 5.20. The van der Waals surface area contributed by atoms with Crippen LogP contribution in [0.3, 0.4) is 0 Å². The first kappa shape index (κ1) is 11.0. The molecular formula is C13H17B.